The van der Waals surface area contributed by atoms with Crippen molar-refractivity contribution in [1.29, 1.82) is 0 Å². The van der Waals surface area contributed by atoms with Crippen LogP contribution in [-0.2, 0) is 23.6 Å². The van der Waals surface area contributed by atoms with Gasteiger partial charge in [0.05, 0.1) is 30.5 Å². The first-order valence-electron chi connectivity index (χ1n) is 12.9. The molecule has 0 aliphatic carbocycles. The summed E-state index contributed by atoms with van der Waals surface area (Å²) in [4.78, 5) is 24.8. The maximum atomic E-state index is 13.4. The minimum atomic E-state index is -5.02. The lowest BCUT2D eigenvalue weighted by Gasteiger charge is -2.26. The molecule has 2 aromatic carbocycles. The van der Waals surface area contributed by atoms with Crippen LogP contribution in [0.4, 0.5) is 26.3 Å². The first-order chi connectivity index (χ1) is 19.8. The van der Waals surface area contributed by atoms with Crippen molar-refractivity contribution in [2.45, 2.75) is 25.8 Å². The molecule has 1 amide bonds. The van der Waals surface area contributed by atoms with E-state index in [-0.39, 0.29) is 35.7 Å². The zero-order valence-corrected chi connectivity index (χ0v) is 22.8. The SMILES string of the molecule is Cc1ccccc1Oc1nc(OCCN2CCOCC2)ncc1C(=O)N(C)Cc1cc(C(F)(F)F)cc(C(F)(F)F)c1. The predicted octanol–water partition coefficient (Wildman–Crippen LogP) is 5.60. The summed E-state index contributed by atoms with van der Waals surface area (Å²) in [7, 11) is 1.24. The van der Waals surface area contributed by atoms with E-state index in [0.717, 1.165) is 29.7 Å². The Kier molecular flexibility index (Phi) is 9.57. The van der Waals surface area contributed by atoms with Crippen molar-refractivity contribution in [3.05, 3.63) is 76.5 Å². The van der Waals surface area contributed by atoms with Gasteiger partial charge in [-0.25, -0.2) is 4.98 Å². The average Bonchev–Trinajstić information content (AvgIpc) is 2.93. The predicted molar refractivity (Wildman–Crippen MR) is 138 cm³/mol. The fraction of sp³-hybridized carbons (Fsp3) is 0.393. The van der Waals surface area contributed by atoms with Crippen molar-refractivity contribution in [3.63, 3.8) is 0 Å². The molecule has 0 radical (unpaired) electrons. The van der Waals surface area contributed by atoms with Crippen LogP contribution in [0.2, 0.25) is 0 Å². The molecule has 1 saturated heterocycles. The highest BCUT2D eigenvalue weighted by molar-refractivity contribution is 5.96. The number of benzene rings is 2. The van der Waals surface area contributed by atoms with Crippen LogP contribution < -0.4 is 9.47 Å². The van der Waals surface area contributed by atoms with Crippen LogP contribution in [0, 0.1) is 6.92 Å². The van der Waals surface area contributed by atoms with E-state index in [1.807, 2.05) is 0 Å². The minimum absolute atomic E-state index is 0.0328. The van der Waals surface area contributed by atoms with E-state index in [1.165, 1.54) is 7.05 Å². The van der Waals surface area contributed by atoms with Crippen molar-refractivity contribution < 1.29 is 45.3 Å². The Morgan fingerprint density at radius 2 is 1.67 bits per heavy atom. The van der Waals surface area contributed by atoms with Gasteiger partial charge in [0.15, 0.2) is 0 Å². The smallest absolute Gasteiger partial charge is 0.416 e. The molecule has 4 rings (SSSR count). The lowest BCUT2D eigenvalue weighted by Crippen LogP contribution is -2.38. The van der Waals surface area contributed by atoms with E-state index in [4.69, 9.17) is 14.2 Å². The van der Waals surface area contributed by atoms with Gasteiger partial charge in [-0.3, -0.25) is 9.69 Å². The molecule has 1 fully saturated rings. The van der Waals surface area contributed by atoms with Gasteiger partial charge < -0.3 is 19.1 Å². The topological polar surface area (TPSA) is 77.0 Å². The Hall–Kier alpha value is -3.91. The van der Waals surface area contributed by atoms with Gasteiger partial charge in [0, 0.05) is 33.2 Å². The van der Waals surface area contributed by atoms with Gasteiger partial charge in [0.1, 0.15) is 17.9 Å². The molecule has 1 aromatic heterocycles. The Bertz CT molecular complexity index is 1360. The Balaban J connectivity index is 1.58. The van der Waals surface area contributed by atoms with Gasteiger partial charge in [-0.1, -0.05) is 18.2 Å². The lowest BCUT2D eigenvalue weighted by atomic mass is 10.0. The molecule has 2 heterocycles. The number of ether oxygens (including phenoxy) is 3. The number of hydrogen-bond donors (Lipinski definition) is 0. The third-order valence-corrected chi connectivity index (χ3v) is 6.42. The number of rotatable bonds is 9. The molecule has 0 spiro atoms. The molecule has 14 heteroatoms. The zero-order valence-electron chi connectivity index (χ0n) is 22.8. The number of nitrogens with zero attached hydrogens (tertiary/aromatic N) is 4. The fourth-order valence-electron chi connectivity index (χ4n) is 4.17. The van der Waals surface area contributed by atoms with E-state index in [2.05, 4.69) is 14.9 Å². The van der Waals surface area contributed by atoms with E-state index >= 15 is 0 Å². The highest BCUT2D eigenvalue weighted by Gasteiger charge is 2.37. The second-order valence-electron chi connectivity index (χ2n) is 9.62. The van der Waals surface area contributed by atoms with Crippen molar-refractivity contribution in [2.24, 2.45) is 0 Å². The first-order valence-corrected chi connectivity index (χ1v) is 12.9. The number of para-hydroxylation sites is 1. The van der Waals surface area contributed by atoms with Gasteiger partial charge in [-0.15, -0.1) is 0 Å². The monoisotopic (exact) mass is 598 g/mol. The summed E-state index contributed by atoms with van der Waals surface area (Å²) in [6.07, 6.45) is -8.88. The first kappa shape index (κ1) is 31.0. The van der Waals surface area contributed by atoms with E-state index in [1.54, 1.807) is 31.2 Å². The molecular weight excluding hydrogens is 570 g/mol. The molecular formula is C28H28F6N4O4. The average molecular weight is 599 g/mol. The van der Waals surface area contributed by atoms with Crippen LogP contribution in [0.3, 0.4) is 0 Å². The highest BCUT2D eigenvalue weighted by atomic mass is 19.4. The number of aromatic nitrogens is 2. The molecule has 0 unspecified atom stereocenters. The Labute approximate surface area is 237 Å². The standard InChI is InChI=1S/C28H28F6N4O4/c1-18-5-3-4-6-23(18)42-24-22(16-35-26(36-24)41-12-9-38-7-10-40-11-8-38)25(39)37(2)17-19-13-20(27(29,30)31)15-21(14-19)28(32,33)34/h3-6,13-16H,7-12,17H2,1-2H3. The molecule has 0 bridgehead atoms. The van der Waals surface area contributed by atoms with Crippen LogP contribution in [0.5, 0.6) is 17.6 Å². The summed E-state index contributed by atoms with van der Waals surface area (Å²) < 4.78 is 96.8. The van der Waals surface area contributed by atoms with Gasteiger partial charge in [-0.05, 0) is 42.3 Å². The van der Waals surface area contributed by atoms with Gasteiger partial charge in [0.25, 0.3) is 5.91 Å². The van der Waals surface area contributed by atoms with Gasteiger partial charge in [-0.2, -0.15) is 31.3 Å². The van der Waals surface area contributed by atoms with Crippen LogP contribution in [0.15, 0.2) is 48.7 Å². The Morgan fingerprint density at radius 1 is 1.02 bits per heavy atom. The van der Waals surface area contributed by atoms with Gasteiger partial charge >= 0.3 is 18.4 Å². The number of alkyl halides is 6. The third-order valence-electron chi connectivity index (χ3n) is 6.42. The number of amides is 1. The van der Waals surface area contributed by atoms with Crippen LogP contribution in [-0.4, -0.2) is 72.2 Å². The number of halogens is 6. The zero-order chi connectivity index (χ0) is 30.5. The molecule has 1 aliphatic heterocycles. The van der Waals surface area contributed by atoms with Crippen molar-refractivity contribution in [3.8, 4) is 17.6 Å². The third kappa shape index (κ3) is 8.10. The number of aryl methyl sites for hydroxylation is 1. The number of carbonyl (C=O) groups excluding carboxylic acids is 1. The molecule has 1 aliphatic rings. The largest absolute Gasteiger partial charge is 0.462 e. The summed E-state index contributed by atoms with van der Waals surface area (Å²) in [6, 6.07) is 8.03. The normalized spacial score (nSPS) is 14.5. The van der Waals surface area contributed by atoms with Crippen molar-refractivity contribution in [2.75, 3.05) is 46.5 Å². The number of carbonyl (C=O) groups is 1. The number of hydrogen-bond acceptors (Lipinski definition) is 7. The van der Waals surface area contributed by atoms with Crippen LogP contribution in [0.25, 0.3) is 0 Å². The maximum absolute atomic E-state index is 13.4. The summed E-state index contributed by atoms with van der Waals surface area (Å²) in [5.74, 6) is -0.596. The van der Waals surface area contributed by atoms with E-state index in [9.17, 15) is 31.1 Å². The summed E-state index contributed by atoms with van der Waals surface area (Å²) in [6.45, 7) is 4.78. The molecule has 0 saturated carbocycles. The summed E-state index contributed by atoms with van der Waals surface area (Å²) in [5, 5.41) is 0. The second kappa shape index (κ2) is 12.9. The molecule has 42 heavy (non-hydrogen) atoms. The quantitative estimate of drug-likeness (QED) is 0.297. The maximum Gasteiger partial charge on any atom is 0.416 e. The van der Waals surface area contributed by atoms with Gasteiger partial charge in [0.2, 0.25) is 5.88 Å². The van der Waals surface area contributed by atoms with E-state index in [0.29, 0.717) is 37.6 Å². The lowest BCUT2D eigenvalue weighted by molar-refractivity contribution is -0.143. The van der Waals surface area contributed by atoms with Crippen molar-refractivity contribution in [1.82, 2.24) is 19.8 Å². The fourth-order valence-corrected chi connectivity index (χ4v) is 4.17. The summed E-state index contributed by atoms with van der Waals surface area (Å²) >= 11 is 0. The summed E-state index contributed by atoms with van der Waals surface area (Å²) in [5.41, 5.74) is -2.75. The van der Waals surface area contributed by atoms with Crippen LogP contribution in [0.1, 0.15) is 32.6 Å². The molecule has 0 N–H and O–H groups in total. The highest BCUT2D eigenvalue weighted by Crippen LogP contribution is 2.37. The number of morpholine rings is 1. The minimum Gasteiger partial charge on any atom is -0.462 e. The molecule has 226 valence electrons. The molecule has 0 atom stereocenters. The Morgan fingerprint density at radius 3 is 2.29 bits per heavy atom. The molecule has 8 nitrogen and oxygen atoms in total. The van der Waals surface area contributed by atoms with E-state index < -0.39 is 35.9 Å². The van der Waals surface area contributed by atoms with Crippen LogP contribution >= 0.6 is 0 Å². The van der Waals surface area contributed by atoms with Crippen molar-refractivity contribution >= 4 is 5.91 Å². The second-order valence-corrected chi connectivity index (χ2v) is 9.62. The molecule has 3 aromatic rings.